The van der Waals surface area contributed by atoms with Gasteiger partial charge in [-0.3, -0.25) is 4.68 Å². The second-order valence-corrected chi connectivity index (χ2v) is 5.39. The van der Waals surface area contributed by atoms with Crippen LogP contribution in [0.4, 0.5) is 0 Å². The van der Waals surface area contributed by atoms with Crippen molar-refractivity contribution in [3.8, 4) is 5.75 Å². The molecule has 0 aliphatic rings. The SMILES string of the molecule is CCCC(N)c1cn(CCCOc2ccc(Cl)cc2)nn1. The number of benzene rings is 1. The first-order valence-electron chi connectivity index (χ1n) is 7.23. The summed E-state index contributed by atoms with van der Waals surface area (Å²) in [6, 6.07) is 7.33. The van der Waals surface area contributed by atoms with Gasteiger partial charge in [-0.25, -0.2) is 0 Å². The lowest BCUT2D eigenvalue weighted by Crippen LogP contribution is -2.10. The normalized spacial score (nSPS) is 12.3. The Kier molecular flexibility index (Phi) is 6.02. The molecule has 114 valence electrons. The molecule has 0 amide bonds. The highest BCUT2D eigenvalue weighted by molar-refractivity contribution is 6.30. The predicted molar refractivity (Wildman–Crippen MR) is 83.4 cm³/mol. The van der Waals surface area contributed by atoms with E-state index in [0.29, 0.717) is 11.6 Å². The number of ether oxygens (including phenoxy) is 1. The van der Waals surface area contributed by atoms with Gasteiger partial charge in [0, 0.05) is 18.0 Å². The van der Waals surface area contributed by atoms with Gasteiger partial charge >= 0.3 is 0 Å². The molecule has 0 aliphatic heterocycles. The van der Waals surface area contributed by atoms with Gasteiger partial charge in [-0.2, -0.15) is 0 Å². The molecule has 5 nitrogen and oxygen atoms in total. The third kappa shape index (κ3) is 5.02. The topological polar surface area (TPSA) is 66.0 Å². The van der Waals surface area contributed by atoms with Crippen molar-refractivity contribution in [2.75, 3.05) is 6.61 Å². The van der Waals surface area contributed by atoms with E-state index >= 15 is 0 Å². The van der Waals surface area contributed by atoms with Gasteiger partial charge in [0.15, 0.2) is 0 Å². The highest BCUT2D eigenvalue weighted by atomic mass is 35.5. The summed E-state index contributed by atoms with van der Waals surface area (Å²) in [6.45, 7) is 3.50. The van der Waals surface area contributed by atoms with Gasteiger partial charge in [-0.15, -0.1) is 5.10 Å². The minimum atomic E-state index is -0.0194. The molecule has 0 saturated heterocycles. The molecule has 0 aliphatic carbocycles. The smallest absolute Gasteiger partial charge is 0.119 e. The Morgan fingerprint density at radius 2 is 2.10 bits per heavy atom. The lowest BCUT2D eigenvalue weighted by molar-refractivity contribution is 0.298. The fourth-order valence-corrected chi connectivity index (χ4v) is 2.12. The van der Waals surface area contributed by atoms with Crippen LogP contribution in [0.2, 0.25) is 5.02 Å². The van der Waals surface area contributed by atoms with Gasteiger partial charge < -0.3 is 10.5 Å². The van der Waals surface area contributed by atoms with E-state index in [1.54, 1.807) is 0 Å². The maximum absolute atomic E-state index is 6.01. The number of aryl methyl sites for hydroxylation is 1. The molecule has 2 aromatic rings. The van der Waals surface area contributed by atoms with Crippen LogP contribution in [0, 0.1) is 0 Å². The van der Waals surface area contributed by atoms with E-state index in [1.165, 1.54) is 0 Å². The fourth-order valence-electron chi connectivity index (χ4n) is 2.00. The molecule has 1 aromatic heterocycles. The molecule has 2 rings (SSSR count). The number of rotatable bonds is 8. The summed E-state index contributed by atoms with van der Waals surface area (Å²) in [6.07, 6.45) is 4.75. The van der Waals surface area contributed by atoms with Crippen molar-refractivity contribution in [3.63, 3.8) is 0 Å². The second kappa shape index (κ2) is 8.00. The van der Waals surface area contributed by atoms with E-state index in [-0.39, 0.29) is 6.04 Å². The van der Waals surface area contributed by atoms with Crippen LogP contribution in [0.15, 0.2) is 30.5 Å². The lowest BCUT2D eigenvalue weighted by Gasteiger charge is -2.06. The minimum Gasteiger partial charge on any atom is -0.494 e. The largest absolute Gasteiger partial charge is 0.494 e. The van der Waals surface area contributed by atoms with Gasteiger partial charge in [0.25, 0.3) is 0 Å². The van der Waals surface area contributed by atoms with Crippen molar-refractivity contribution >= 4 is 11.6 Å². The monoisotopic (exact) mass is 308 g/mol. The summed E-state index contributed by atoms with van der Waals surface area (Å²) in [7, 11) is 0. The first-order chi connectivity index (χ1) is 10.2. The Labute approximate surface area is 130 Å². The van der Waals surface area contributed by atoms with Gasteiger partial charge in [-0.05, 0) is 30.7 Å². The third-order valence-corrected chi connectivity index (χ3v) is 3.40. The predicted octanol–water partition coefficient (Wildman–Crippen LogP) is 3.20. The molecule has 1 unspecified atom stereocenters. The highest BCUT2D eigenvalue weighted by Crippen LogP contribution is 2.16. The van der Waals surface area contributed by atoms with Crippen molar-refractivity contribution < 1.29 is 4.74 Å². The Hall–Kier alpha value is -1.59. The van der Waals surface area contributed by atoms with Crippen LogP contribution in [0.3, 0.4) is 0 Å². The van der Waals surface area contributed by atoms with Gasteiger partial charge in [-0.1, -0.05) is 30.2 Å². The summed E-state index contributed by atoms with van der Waals surface area (Å²) in [5.74, 6) is 0.823. The molecule has 0 spiro atoms. The zero-order valence-electron chi connectivity index (χ0n) is 12.2. The number of hydrogen-bond donors (Lipinski definition) is 1. The van der Waals surface area contributed by atoms with E-state index < -0.39 is 0 Å². The van der Waals surface area contributed by atoms with Gasteiger partial charge in [0.1, 0.15) is 5.75 Å². The van der Waals surface area contributed by atoms with E-state index in [0.717, 1.165) is 37.3 Å². The van der Waals surface area contributed by atoms with Crippen molar-refractivity contribution in [2.24, 2.45) is 5.73 Å². The van der Waals surface area contributed by atoms with Gasteiger partial charge in [0.05, 0.1) is 24.5 Å². The molecule has 0 radical (unpaired) electrons. The van der Waals surface area contributed by atoms with E-state index in [2.05, 4.69) is 17.2 Å². The third-order valence-electron chi connectivity index (χ3n) is 3.15. The molecule has 0 saturated carbocycles. The summed E-state index contributed by atoms with van der Waals surface area (Å²) < 4.78 is 7.45. The number of nitrogens with two attached hydrogens (primary N) is 1. The Morgan fingerprint density at radius 3 is 2.81 bits per heavy atom. The molecule has 0 fully saturated rings. The average Bonchev–Trinajstić information content (AvgIpc) is 2.95. The average molecular weight is 309 g/mol. The van der Waals surface area contributed by atoms with Crippen LogP contribution in [-0.4, -0.2) is 21.6 Å². The van der Waals surface area contributed by atoms with E-state index in [1.807, 2.05) is 35.1 Å². The Morgan fingerprint density at radius 1 is 1.33 bits per heavy atom. The first kappa shape index (κ1) is 15.8. The molecule has 0 bridgehead atoms. The fraction of sp³-hybridized carbons (Fsp3) is 0.467. The molecular formula is C15H21ClN4O. The molecule has 6 heteroatoms. The molecular weight excluding hydrogens is 288 g/mol. The molecule has 1 heterocycles. The number of nitrogens with zero attached hydrogens (tertiary/aromatic N) is 3. The van der Waals surface area contributed by atoms with Crippen LogP contribution in [0.5, 0.6) is 5.75 Å². The molecule has 1 aromatic carbocycles. The molecule has 1 atom stereocenters. The van der Waals surface area contributed by atoms with Crippen LogP contribution in [0.1, 0.15) is 37.9 Å². The lowest BCUT2D eigenvalue weighted by atomic mass is 10.1. The Bertz CT molecular complexity index is 541. The summed E-state index contributed by atoms with van der Waals surface area (Å²) in [5, 5.41) is 8.91. The maximum atomic E-state index is 6.01. The summed E-state index contributed by atoms with van der Waals surface area (Å²) in [4.78, 5) is 0. The van der Waals surface area contributed by atoms with Crippen LogP contribution >= 0.6 is 11.6 Å². The van der Waals surface area contributed by atoms with E-state index in [9.17, 15) is 0 Å². The Balaban J connectivity index is 1.72. The summed E-state index contributed by atoms with van der Waals surface area (Å²) in [5.41, 5.74) is 6.87. The van der Waals surface area contributed by atoms with Crippen molar-refractivity contribution in [3.05, 3.63) is 41.2 Å². The number of hydrogen-bond acceptors (Lipinski definition) is 4. The highest BCUT2D eigenvalue weighted by Gasteiger charge is 2.09. The molecule has 21 heavy (non-hydrogen) atoms. The maximum Gasteiger partial charge on any atom is 0.119 e. The molecule has 2 N–H and O–H groups in total. The van der Waals surface area contributed by atoms with Crippen molar-refractivity contribution in [1.29, 1.82) is 0 Å². The van der Waals surface area contributed by atoms with Crippen molar-refractivity contribution in [1.82, 2.24) is 15.0 Å². The van der Waals surface area contributed by atoms with E-state index in [4.69, 9.17) is 22.1 Å². The van der Waals surface area contributed by atoms with Crippen LogP contribution in [0.25, 0.3) is 0 Å². The van der Waals surface area contributed by atoms with Crippen molar-refractivity contribution in [2.45, 2.75) is 38.8 Å². The quantitative estimate of drug-likeness (QED) is 0.761. The zero-order valence-corrected chi connectivity index (χ0v) is 13.0. The van der Waals surface area contributed by atoms with Gasteiger partial charge in [0.2, 0.25) is 0 Å². The van der Waals surface area contributed by atoms with Crippen LogP contribution < -0.4 is 10.5 Å². The number of aromatic nitrogens is 3. The zero-order chi connectivity index (χ0) is 15.1. The minimum absolute atomic E-state index is 0.0194. The first-order valence-corrected chi connectivity index (χ1v) is 7.61. The van der Waals surface area contributed by atoms with Crippen LogP contribution in [-0.2, 0) is 6.54 Å². The number of halogens is 1. The standard InChI is InChI=1S/C15H21ClN4O/c1-2-4-14(17)15-11-20(19-18-15)9-3-10-21-13-7-5-12(16)6-8-13/h5-8,11,14H,2-4,9-10,17H2,1H3. The summed E-state index contributed by atoms with van der Waals surface area (Å²) >= 11 is 5.82. The second-order valence-electron chi connectivity index (χ2n) is 4.96.